The number of hydrogen-bond donors (Lipinski definition) is 2. The van der Waals surface area contributed by atoms with Crippen LogP contribution in [0.4, 0.5) is 10.5 Å². The number of hydrogen-bond acceptors (Lipinski definition) is 6. The highest BCUT2D eigenvalue weighted by Gasteiger charge is 2.16. The monoisotopic (exact) mass is 383 g/mol. The Labute approximate surface area is 161 Å². The highest BCUT2D eigenvalue weighted by Crippen LogP contribution is 2.27. The Morgan fingerprint density at radius 1 is 1.22 bits per heavy atom. The third-order valence-electron chi connectivity index (χ3n) is 4.55. The van der Waals surface area contributed by atoms with E-state index >= 15 is 0 Å². The van der Waals surface area contributed by atoms with E-state index in [-0.39, 0.29) is 6.03 Å². The van der Waals surface area contributed by atoms with Crippen molar-refractivity contribution in [3.8, 4) is 11.5 Å². The molecule has 0 bridgehead atoms. The van der Waals surface area contributed by atoms with Crippen molar-refractivity contribution < 1.29 is 9.21 Å². The van der Waals surface area contributed by atoms with Gasteiger partial charge in [-0.15, -0.1) is 21.5 Å². The molecule has 0 radical (unpaired) electrons. The molecular formula is C19H21N5O2S. The minimum atomic E-state index is -0.259. The predicted molar refractivity (Wildman–Crippen MR) is 104 cm³/mol. The van der Waals surface area contributed by atoms with Crippen molar-refractivity contribution in [2.45, 2.75) is 46.1 Å². The van der Waals surface area contributed by atoms with Crippen LogP contribution in [0.1, 0.15) is 39.9 Å². The van der Waals surface area contributed by atoms with Gasteiger partial charge in [0.15, 0.2) is 0 Å². The van der Waals surface area contributed by atoms with Crippen LogP contribution in [0.15, 0.2) is 22.6 Å². The van der Waals surface area contributed by atoms with Crippen LogP contribution < -0.4 is 10.6 Å². The van der Waals surface area contributed by atoms with Crippen LogP contribution in [0.5, 0.6) is 0 Å². The fourth-order valence-electron chi connectivity index (χ4n) is 3.11. The SMILES string of the molecule is Cc1nnc(-c2ccc(C)c(NC(=O)NCc3nc4c(s3)CCCC4)c2)o1. The molecule has 2 heterocycles. The average Bonchev–Trinajstić information content (AvgIpc) is 3.27. The zero-order chi connectivity index (χ0) is 18.8. The van der Waals surface area contributed by atoms with Gasteiger partial charge in [-0.1, -0.05) is 6.07 Å². The Balaban J connectivity index is 1.41. The van der Waals surface area contributed by atoms with Crippen molar-refractivity contribution in [3.05, 3.63) is 45.2 Å². The summed E-state index contributed by atoms with van der Waals surface area (Å²) in [6, 6.07) is 5.39. The van der Waals surface area contributed by atoms with E-state index in [1.54, 1.807) is 18.3 Å². The van der Waals surface area contributed by atoms with E-state index in [0.717, 1.165) is 29.0 Å². The largest absolute Gasteiger partial charge is 0.421 e. The molecule has 140 valence electrons. The van der Waals surface area contributed by atoms with Gasteiger partial charge in [-0.05, 0) is 50.3 Å². The third kappa shape index (κ3) is 4.00. The molecule has 2 amide bonds. The molecule has 1 aliphatic carbocycles. The number of rotatable bonds is 4. The first-order valence-electron chi connectivity index (χ1n) is 9.02. The molecule has 0 unspecified atom stereocenters. The molecule has 2 aromatic heterocycles. The number of carbonyl (C=O) groups excluding carboxylic acids is 1. The van der Waals surface area contributed by atoms with Gasteiger partial charge < -0.3 is 15.1 Å². The molecule has 1 aliphatic rings. The highest BCUT2D eigenvalue weighted by atomic mass is 32.1. The maximum absolute atomic E-state index is 12.3. The van der Waals surface area contributed by atoms with Crippen molar-refractivity contribution in [3.63, 3.8) is 0 Å². The summed E-state index contributed by atoms with van der Waals surface area (Å²) in [5.74, 6) is 0.938. The average molecular weight is 383 g/mol. The number of benzene rings is 1. The van der Waals surface area contributed by atoms with E-state index in [0.29, 0.717) is 24.0 Å². The molecule has 2 N–H and O–H groups in total. The van der Waals surface area contributed by atoms with Gasteiger partial charge >= 0.3 is 6.03 Å². The number of urea groups is 1. The Hall–Kier alpha value is -2.74. The van der Waals surface area contributed by atoms with Crippen molar-refractivity contribution in [2.24, 2.45) is 0 Å². The summed E-state index contributed by atoms with van der Waals surface area (Å²) >= 11 is 1.71. The van der Waals surface area contributed by atoms with Gasteiger partial charge in [0.2, 0.25) is 11.8 Å². The summed E-state index contributed by atoms with van der Waals surface area (Å²) in [5.41, 5.74) is 3.64. The van der Waals surface area contributed by atoms with Gasteiger partial charge in [-0.2, -0.15) is 0 Å². The number of anilines is 1. The van der Waals surface area contributed by atoms with Gasteiger partial charge in [0.25, 0.3) is 0 Å². The Morgan fingerprint density at radius 3 is 2.85 bits per heavy atom. The minimum absolute atomic E-state index is 0.259. The van der Waals surface area contributed by atoms with Gasteiger partial charge in [0.05, 0.1) is 12.2 Å². The third-order valence-corrected chi connectivity index (χ3v) is 5.71. The van der Waals surface area contributed by atoms with Gasteiger partial charge in [-0.3, -0.25) is 0 Å². The van der Waals surface area contributed by atoms with E-state index in [4.69, 9.17) is 4.42 Å². The fraction of sp³-hybridized carbons (Fsp3) is 0.368. The summed E-state index contributed by atoms with van der Waals surface area (Å²) in [6.45, 7) is 4.12. The summed E-state index contributed by atoms with van der Waals surface area (Å²) in [5, 5.41) is 14.6. The lowest BCUT2D eigenvalue weighted by atomic mass is 10.0. The Bertz CT molecular complexity index is 955. The van der Waals surface area contributed by atoms with Crippen LogP contribution in [0.2, 0.25) is 0 Å². The molecular weight excluding hydrogens is 362 g/mol. The maximum atomic E-state index is 12.3. The van der Waals surface area contributed by atoms with Crippen LogP contribution in [0.3, 0.4) is 0 Å². The zero-order valence-electron chi connectivity index (χ0n) is 15.3. The Kier molecular flexibility index (Phi) is 4.89. The molecule has 27 heavy (non-hydrogen) atoms. The lowest BCUT2D eigenvalue weighted by Gasteiger charge is -2.10. The zero-order valence-corrected chi connectivity index (χ0v) is 16.2. The first kappa shape index (κ1) is 17.7. The topological polar surface area (TPSA) is 92.9 Å². The number of nitrogens with zero attached hydrogens (tertiary/aromatic N) is 3. The summed E-state index contributed by atoms with van der Waals surface area (Å²) in [6.07, 6.45) is 4.61. The molecule has 0 aliphatic heterocycles. The molecule has 4 rings (SSSR count). The molecule has 0 saturated carbocycles. The number of amides is 2. The van der Waals surface area contributed by atoms with Crippen LogP contribution >= 0.6 is 11.3 Å². The molecule has 7 nitrogen and oxygen atoms in total. The molecule has 1 aromatic carbocycles. The van der Waals surface area contributed by atoms with Gasteiger partial charge in [0.1, 0.15) is 5.01 Å². The molecule has 0 spiro atoms. The number of aromatic nitrogens is 3. The number of nitrogens with one attached hydrogen (secondary N) is 2. The number of aryl methyl sites for hydroxylation is 4. The van der Waals surface area contributed by atoms with Crippen LogP contribution in [-0.4, -0.2) is 21.2 Å². The Morgan fingerprint density at radius 2 is 2.07 bits per heavy atom. The first-order chi connectivity index (χ1) is 13.1. The van der Waals surface area contributed by atoms with Crippen molar-refractivity contribution in [1.82, 2.24) is 20.5 Å². The predicted octanol–water partition coefficient (Wildman–Crippen LogP) is 4.01. The van der Waals surface area contributed by atoms with E-state index in [2.05, 4.69) is 25.8 Å². The highest BCUT2D eigenvalue weighted by molar-refractivity contribution is 7.11. The van der Waals surface area contributed by atoms with Gasteiger partial charge in [-0.25, -0.2) is 9.78 Å². The molecule has 0 saturated heterocycles. The van der Waals surface area contributed by atoms with Crippen molar-refractivity contribution in [2.75, 3.05) is 5.32 Å². The number of fused-ring (bicyclic) bond motifs is 1. The van der Waals surface area contributed by atoms with E-state index < -0.39 is 0 Å². The van der Waals surface area contributed by atoms with Gasteiger partial charge in [0, 0.05) is 23.1 Å². The number of thiazole rings is 1. The van der Waals surface area contributed by atoms with Crippen LogP contribution in [-0.2, 0) is 19.4 Å². The maximum Gasteiger partial charge on any atom is 0.319 e. The summed E-state index contributed by atoms with van der Waals surface area (Å²) in [7, 11) is 0. The summed E-state index contributed by atoms with van der Waals surface area (Å²) in [4.78, 5) is 18.4. The van der Waals surface area contributed by atoms with E-state index in [1.807, 2.05) is 25.1 Å². The summed E-state index contributed by atoms with van der Waals surface area (Å²) < 4.78 is 5.46. The number of carbonyl (C=O) groups is 1. The lowest BCUT2D eigenvalue weighted by molar-refractivity contribution is 0.251. The van der Waals surface area contributed by atoms with Crippen molar-refractivity contribution in [1.29, 1.82) is 0 Å². The normalized spacial score (nSPS) is 13.3. The molecule has 8 heteroatoms. The minimum Gasteiger partial charge on any atom is -0.421 e. The second kappa shape index (κ2) is 7.48. The first-order valence-corrected chi connectivity index (χ1v) is 9.83. The standard InChI is InChI=1S/C19H21N5O2S/c1-11-7-8-13(18-24-23-12(2)26-18)9-15(11)22-19(25)20-10-17-21-14-5-3-4-6-16(14)27-17/h7-9H,3-6,10H2,1-2H3,(H2,20,22,25). The molecule has 0 fully saturated rings. The lowest BCUT2D eigenvalue weighted by Crippen LogP contribution is -2.28. The van der Waals surface area contributed by atoms with E-state index in [9.17, 15) is 4.79 Å². The van der Waals surface area contributed by atoms with E-state index in [1.165, 1.54) is 23.4 Å². The molecule has 3 aromatic rings. The second-order valence-corrected chi connectivity index (χ2v) is 7.82. The fourth-order valence-corrected chi connectivity index (χ4v) is 4.20. The van der Waals surface area contributed by atoms with Crippen LogP contribution in [0, 0.1) is 13.8 Å². The quantitative estimate of drug-likeness (QED) is 0.710. The van der Waals surface area contributed by atoms with Crippen molar-refractivity contribution >= 4 is 23.1 Å². The van der Waals surface area contributed by atoms with Crippen LogP contribution in [0.25, 0.3) is 11.5 Å². The molecule has 0 atom stereocenters. The smallest absolute Gasteiger partial charge is 0.319 e. The second-order valence-electron chi connectivity index (χ2n) is 6.65.